The Morgan fingerprint density at radius 3 is 2.75 bits per heavy atom. The van der Waals surface area contributed by atoms with E-state index in [1.165, 1.54) is 12.0 Å². The zero-order valence-corrected chi connectivity index (χ0v) is 11.1. The van der Waals surface area contributed by atoms with Crippen LogP contribution in [0, 0.1) is 0 Å². The van der Waals surface area contributed by atoms with Crippen molar-refractivity contribution in [2.45, 2.75) is 18.6 Å². The monoisotopic (exact) mass is 290 g/mol. The van der Waals surface area contributed by atoms with Crippen molar-refractivity contribution >= 4 is 18.0 Å². The van der Waals surface area contributed by atoms with Crippen LogP contribution in [-0.4, -0.2) is 78.6 Å². The van der Waals surface area contributed by atoms with E-state index >= 15 is 0 Å². The Kier molecular flexibility index (Phi) is 6.19. The lowest BCUT2D eigenvalue weighted by atomic mass is 10.2. The largest absolute Gasteiger partial charge is 0.480 e. The van der Waals surface area contributed by atoms with Gasteiger partial charge in [0, 0.05) is 19.6 Å². The molecule has 0 aromatic rings. The third kappa shape index (κ3) is 4.35. The lowest BCUT2D eigenvalue weighted by Crippen LogP contribution is -2.55. The zero-order valence-electron chi connectivity index (χ0n) is 11.1. The molecule has 114 valence electrons. The number of nitrogens with zero attached hydrogens (tertiary/aromatic N) is 1. The molecule has 2 amide bonds. The number of carboxylic acid groups (broad SMARTS) is 1. The first-order valence-corrected chi connectivity index (χ1v) is 6.08. The second-order valence-corrected chi connectivity index (χ2v) is 4.18. The van der Waals surface area contributed by atoms with Crippen molar-refractivity contribution in [3.63, 3.8) is 0 Å². The topological polar surface area (TPSA) is 125 Å². The Labute approximate surface area is 115 Å². The van der Waals surface area contributed by atoms with Gasteiger partial charge in [0.05, 0.1) is 20.3 Å². The summed E-state index contributed by atoms with van der Waals surface area (Å²) in [5.41, 5.74) is 0. The van der Waals surface area contributed by atoms with E-state index in [2.05, 4.69) is 10.1 Å². The van der Waals surface area contributed by atoms with Crippen molar-refractivity contribution in [1.82, 2.24) is 10.2 Å². The number of aliphatic carboxylic acids is 1. The van der Waals surface area contributed by atoms with Crippen molar-refractivity contribution < 1.29 is 34.1 Å². The molecule has 1 rings (SSSR count). The molecule has 20 heavy (non-hydrogen) atoms. The number of methoxy groups -OCH3 is 1. The van der Waals surface area contributed by atoms with Crippen LogP contribution in [0.15, 0.2) is 0 Å². The third-order valence-corrected chi connectivity index (χ3v) is 2.83. The van der Waals surface area contributed by atoms with Gasteiger partial charge in [0.1, 0.15) is 6.04 Å². The molecule has 1 fully saturated rings. The number of carboxylic acids is 1. The van der Waals surface area contributed by atoms with Gasteiger partial charge >= 0.3 is 18.0 Å². The highest BCUT2D eigenvalue weighted by molar-refractivity contribution is 5.83. The first kappa shape index (κ1) is 16.2. The van der Waals surface area contributed by atoms with E-state index in [0.717, 1.165) is 0 Å². The normalized spacial score (nSPS) is 20.1. The number of morpholine rings is 1. The van der Waals surface area contributed by atoms with E-state index < -0.39 is 30.1 Å². The summed E-state index contributed by atoms with van der Waals surface area (Å²) in [6.07, 6.45) is -0.966. The van der Waals surface area contributed by atoms with Crippen molar-refractivity contribution in [3.05, 3.63) is 0 Å². The summed E-state index contributed by atoms with van der Waals surface area (Å²) in [6.45, 7) is 0.0326. The molecular formula is C11H18N2O7. The minimum Gasteiger partial charge on any atom is -0.480 e. The Bertz CT molecular complexity index is 374. The highest BCUT2D eigenvalue weighted by Gasteiger charge is 2.31. The van der Waals surface area contributed by atoms with Crippen LogP contribution in [-0.2, 0) is 19.1 Å². The first-order chi connectivity index (χ1) is 9.49. The van der Waals surface area contributed by atoms with E-state index in [9.17, 15) is 14.4 Å². The van der Waals surface area contributed by atoms with Gasteiger partial charge in [0.2, 0.25) is 0 Å². The van der Waals surface area contributed by atoms with Crippen LogP contribution >= 0.6 is 0 Å². The number of ether oxygens (including phenoxy) is 2. The van der Waals surface area contributed by atoms with Gasteiger partial charge in [-0.2, -0.15) is 0 Å². The quantitative estimate of drug-likeness (QED) is 0.521. The molecule has 1 saturated heterocycles. The van der Waals surface area contributed by atoms with Gasteiger partial charge in [0.15, 0.2) is 6.10 Å². The molecule has 0 bridgehead atoms. The van der Waals surface area contributed by atoms with Gasteiger partial charge in [0.25, 0.3) is 0 Å². The number of hydrogen-bond donors (Lipinski definition) is 3. The first-order valence-electron chi connectivity index (χ1n) is 6.08. The molecule has 9 heteroatoms. The van der Waals surface area contributed by atoms with Crippen molar-refractivity contribution in [2.24, 2.45) is 0 Å². The van der Waals surface area contributed by atoms with Crippen LogP contribution in [0.25, 0.3) is 0 Å². The Balaban J connectivity index is 2.57. The molecule has 0 aromatic carbocycles. The standard InChI is InChI=1S/C11H18N2O7/c1-19-10(17)8-6-13(3-5-20-8)11(18)12-7(2-4-14)9(15)16/h7-8,14H,2-6H2,1H3,(H,12,18)(H,15,16)/t7-,8?/m0/s1. The molecule has 0 spiro atoms. The number of rotatable bonds is 5. The smallest absolute Gasteiger partial charge is 0.336 e. The van der Waals surface area contributed by atoms with E-state index in [4.69, 9.17) is 14.9 Å². The molecule has 0 aliphatic carbocycles. The SMILES string of the molecule is COC(=O)C1CN(C(=O)N[C@@H](CCO)C(=O)O)CCO1. The molecule has 0 radical (unpaired) electrons. The lowest BCUT2D eigenvalue weighted by molar-refractivity contribution is -0.158. The minimum atomic E-state index is -1.23. The van der Waals surface area contributed by atoms with Crippen molar-refractivity contribution in [1.29, 1.82) is 0 Å². The maximum absolute atomic E-state index is 11.9. The minimum absolute atomic E-state index is 0.00995. The van der Waals surface area contributed by atoms with E-state index in [1.807, 2.05) is 0 Å². The lowest BCUT2D eigenvalue weighted by Gasteiger charge is -2.32. The molecule has 0 aromatic heterocycles. The summed E-state index contributed by atoms with van der Waals surface area (Å²) < 4.78 is 9.68. The van der Waals surface area contributed by atoms with Gasteiger partial charge < -0.3 is 29.9 Å². The van der Waals surface area contributed by atoms with Crippen molar-refractivity contribution in [3.8, 4) is 0 Å². The highest BCUT2D eigenvalue weighted by atomic mass is 16.6. The number of carbonyl (C=O) groups is 3. The van der Waals surface area contributed by atoms with E-state index in [0.29, 0.717) is 0 Å². The number of esters is 1. The van der Waals surface area contributed by atoms with Crippen LogP contribution in [0.2, 0.25) is 0 Å². The van der Waals surface area contributed by atoms with Gasteiger partial charge in [-0.05, 0) is 0 Å². The number of urea groups is 1. The summed E-state index contributed by atoms with van der Waals surface area (Å²) in [4.78, 5) is 35.4. The number of hydrogen-bond acceptors (Lipinski definition) is 6. The van der Waals surface area contributed by atoms with Gasteiger partial charge in [-0.15, -0.1) is 0 Å². The third-order valence-electron chi connectivity index (χ3n) is 2.83. The Morgan fingerprint density at radius 1 is 1.50 bits per heavy atom. The molecule has 1 heterocycles. The van der Waals surface area contributed by atoms with Crippen LogP contribution in [0.3, 0.4) is 0 Å². The second kappa shape index (κ2) is 7.65. The van der Waals surface area contributed by atoms with Crippen LogP contribution in [0.5, 0.6) is 0 Å². The highest BCUT2D eigenvalue weighted by Crippen LogP contribution is 2.07. The Hall–Kier alpha value is -1.87. The fourth-order valence-electron chi connectivity index (χ4n) is 1.73. The molecule has 1 unspecified atom stereocenters. The van der Waals surface area contributed by atoms with Gasteiger partial charge in [-0.25, -0.2) is 14.4 Å². The number of aliphatic hydroxyl groups is 1. The number of nitrogens with one attached hydrogen (secondary N) is 1. The predicted molar refractivity (Wildman–Crippen MR) is 65.0 cm³/mol. The molecular weight excluding hydrogens is 272 g/mol. The van der Waals surface area contributed by atoms with Crippen LogP contribution < -0.4 is 5.32 Å². The molecule has 1 aliphatic rings. The summed E-state index contributed by atoms with van der Waals surface area (Å²) >= 11 is 0. The summed E-state index contributed by atoms with van der Waals surface area (Å²) in [6, 6.07) is -1.80. The van der Waals surface area contributed by atoms with Crippen LogP contribution in [0.4, 0.5) is 4.79 Å². The average Bonchev–Trinajstić information content (AvgIpc) is 2.45. The van der Waals surface area contributed by atoms with Gasteiger partial charge in [-0.3, -0.25) is 0 Å². The molecule has 3 N–H and O–H groups in total. The summed E-state index contributed by atoms with van der Waals surface area (Å²) in [7, 11) is 1.21. The second-order valence-electron chi connectivity index (χ2n) is 4.18. The predicted octanol–water partition coefficient (Wildman–Crippen LogP) is -1.59. The van der Waals surface area contributed by atoms with Crippen molar-refractivity contribution in [2.75, 3.05) is 33.4 Å². The number of carbonyl (C=O) groups excluding carboxylic acids is 2. The van der Waals surface area contributed by atoms with Gasteiger partial charge in [-0.1, -0.05) is 0 Å². The molecule has 9 nitrogen and oxygen atoms in total. The fraction of sp³-hybridized carbons (Fsp3) is 0.727. The van der Waals surface area contributed by atoms with Crippen LogP contribution in [0.1, 0.15) is 6.42 Å². The molecule has 1 aliphatic heterocycles. The maximum atomic E-state index is 11.9. The summed E-state index contributed by atoms with van der Waals surface area (Å²) in [5.74, 6) is -1.82. The number of amides is 2. The summed E-state index contributed by atoms with van der Waals surface area (Å²) in [5, 5.41) is 19.9. The fourth-order valence-corrected chi connectivity index (χ4v) is 1.73. The average molecular weight is 290 g/mol. The zero-order chi connectivity index (χ0) is 15.1. The number of aliphatic hydroxyl groups excluding tert-OH is 1. The molecule has 2 atom stereocenters. The van der Waals surface area contributed by atoms with E-state index in [-0.39, 0.29) is 32.7 Å². The van der Waals surface area contributed by atoms with E-state index in [1.54, 1.807) is 0 Å². The molecule has 0 saturated carbocycles. The Morgan fingerprint density at radius 2 is 2.20 bits per heavy atom. The maximum Gasteiger partial charge on any atom is 0.336 e.